The van der Waals surface area contributed by atoms with Crippen molar-refractivity contribution in [2.24, 2.45) is 0 Å². The van der Waals surface area contributed by atoms with Gasteiger partial charge in [-0.05, 0) is 43.5 Å². The van der Waals surface area contributed by atoms with Crippen LogP contribution in [0.3, 0.4) is 0 Å². The largest absolute Gasteiger partial charge is 0.349 e. The molecule has 1 aromatic carbocycles. The molecule has 2 bridgehead atoms. The average molecular weight is 431 g/mol. The summed E-state index contributed by atoms with van der Waals surface area (Å²) in [6, 6.07) is 8.15. The minimum Gasteiger partial charge on any atom is -0.349 e. The molecular weight excluding hydrogens is 406 g/mol. The van der Waals surface area contributed by atoms with Gasteiger partial charge in [-0.25, -0.2) is 0 Å². The smallest absolute Gasteiger partial charge is 0.225 e. The fraction of sp³-hybridized carbons (Fsp3) is 0.556. The second-order valence-corrected chi connectivity index (χ2v) is 7.60. The first-order chi connectivity index (χ1) is 11.5. The molecule has 25 heavy (non-hydrogen) atoms. The van der Waals surface area contributed by atoms with Gasteiger partial charge in [-0.15, -0.1) is 12.4 Å². The molecule has 3 atom stereocenters. The molecule has 7 heteroatoms. The molecule has 0 aliphatic carbocycles. The van der Waals surface area contributed by atoms with Crippen molar-refractivity contribution < 1.29 is 9.59 Å². The van der Waals surface area contributed by atoms with Gasteiger partial charge < -0.3 is 15.5 Å². The number of amides is 2. The van der Waals surface area contributed by atoms with E-state index in [1.54, 1.807) is 0 Å². The summed E-state index contributed by atoms with van der Waals surface area (Å²) in [4.78, 5) is 26.7. The fourth-order valence-electron chi connectivity index (χ4n) is 3.86. The number of rotatable bonds is 4. The predicted molar refractivity (Wildman–Crippen MR) is 104 cm³/mol. The van der Waals surface area contributed by atoms with Crippen molar-refractivity contribution in [3.8, 4) is 0 Å². The summed E-state index contributed by atoms with van der Waals surface area (Å²) in [6.45, 7) is 3.36. The van der Waals surface area contributed by atoms with E-state index in [1.165, 1.54) is 6.92 Å². The first kappa shape index (κ1) is 20.2. The summed E-state index contributed by atoms with van der Waals surface area (Å²) in [5.41, 5.74) is 0.960. The van der Waals surface area contributed by atoms with E-state index in [0.29, 0.717) is 18.5 Å². The van der Waals surface area contributed by atoms with E-state index in [0.717, 1.165) is 42.4 Å². The molecule has 3 unspecified atom stereocenters. The Hall–Kier alpha value is -1.11. The Morgan fingerprint density at radius 3 is 2.60 bits per heavy atom. The first-order valence-electron chi connectivity index (χ1n) is 8.59. The van der Waals surface area contributed by atoms with Crippen molar-refractivity contribution in [1.82, 2.24) is 15.5 Å². The lowest BCUT2D eigenvalue weighted by atomic mass is 10.0. The Morgan fingerprint density at radius 1 is 1.24 bits per heavy atom. The molecule has 2 amide bonds. The second-order valence-electron chi connectivity index (χ2n) is 6.69. The summed E-state index contributed by atoms with van der Waals surface area (Å²) in [5, 5.41) is 6.35. The molecule has 2 aliphatic heterocycles. The lowest BCUT2D eigenvalue weighted by Gasteiger charge is -2.30. The molecule has 2 heterocycles. The number of hydrogen-bond acceptors (Lipinski definition) is 3. The van der Waals surface area contributed by atoms with E-state index in [2.05, 4.69) is 31.5 Å². The molecule has 0 radical (unpaired) electrons. The van der Waals surface area contributed by atoms with Crippen molar-refractivity contribution in [2.45, 2.75) is 50.7 Å². The minimum atomic E-state index is -0.279. The predicted octanol–water partition coefficient (Wildman–Crippen LogP) is 2.79. The van der Waals surface area contributed by atoms with Crippen molar-refractivity contribution in [3.05, 3.63) is 34.3 Å². The quantitative estimate of drug-likeness (QED) is 0.772. The standard InChI is InChI=1S/C18H24BrN3O2.ClH/c1-12(23)21-17(13-2-4-14(19)5-3-13)10-18(24)22-15-6-7-16(22)11-20-9-8-15;/h2-5,15-17,20H,6-11H2,1H3,(H,21,23);1H. The first-order valence-corrected chi connectivity index (χ1v) is 9.38. The monoisotopic (exact) mass is 429 g/mol. The molecule has 2 aliphatic rings. The Balaban J connectivity index is 0.00000225. The van der Waals surface area contributed by atoms with Crippen LogP contribution in [0.15, 0.2) is 28.7 Å². The summed E-state index contributed by atoms with van der Waals surface area (Å²) >= 11 is 3.42. The zero-order chi connectivity index (χ0) is 17.1. The summed E-state index contributed by atoms with van der Waals surface area (Å²) < 4.78 is 0.982. The second kappa shape index (κ2) is 9.01. The van der Waals surface area contributed by atoms with Gasteiger partial charge >= 0.3 is 0 Å². The summed E-state index contributed by atoms with van der Waals surface area (Å²) in [5.74, 6) is 0.0316. The highest BCUT2D eigenvalue weighted by Crippen LogP contribution is 2.30. The fourth-order valence-corrected chi connectivity index (χ4v) is 4.13. The van der Waals surface area contributed by atoms with Crippen molar-refractivity contribution >= 4 is 40.2 Å². The Kier molecular flexibility index (Phi) is 7.28. The Morgan fingerprint density at radius 2 is 1.92 bits per heavy atom. The van der Waals surface area contributed by atoms with Crippen LogP contribution in [-0.2, 0) is 9.59 Å². The van der Waals surface area contributed by atoms with E-state index in [4.69, 9.17) is 0 Å². The number of halogens is 2. The van der Waals surface area contributed by atoms with Gasteiger partial charge in [-0.3, -0.25) is 9.59 Å². The van der Waals surface area contributed by atoms with Crippen LogP contribution in [0.5, 0.6) is 0 Å². The van der Waals surface area contributed by atoms with Gasteiger partial charge in [0.2, 0.25) is 11.8 Å². The van der Waals surface area contributed by atoms with Gasteiger partial charge in [0.1, 0.15) is 0 Å². The zero-order valence-electron chi connectivity index (χ0n) is 14.3. The molecule has 0 spiro atoms. The van der Waals surface area contributed by atoms with Gasteiger partial charge in [-0.1, -0.05) is 28.1 Å². The molecule has 0 saturated carbocycles. The molecule has 2 fully saturated rings. The molecule has 0 aromatic heterocycles. The Bertz CT molecular complexity index is 597. The van der Waals surface area contributed by atoms with E-state index in [1.807, 2.05) is 24.3 Å². The number of hydrogen-bond donors (Lipinski definition) is 2. The van der Waals surface area contributed by atoms with Crippen LogP contribution in [0.4, 0.5) is 0 Å². The molecule has 2 saturated heterocycles. The molecule has 138 valence electrons. The number of fused-ring (bicyclic) bond motifs is 2. The lowest BCUT2D eigenvalue weighted by Crippen LogP contribution is -2.44. The number of carbonyl (C=O) groups is 2. The van der Waals surface area contributed by atoms with Gasteiger partial charge in [0.25, 0.3) is 0 Å². The number of nitrogens with zero attached hydrogens (tertiary/aromatic N) is 1. The van der Waals surface area contributed by atoms with Crippen molar-refractivity contribution in [3.63, 3.8) is 0 Å². The van der Waals surface area contributed by atoms with E-state index < -0.39 is 0 Å². The van der Waals surface area contributed by atoms with E-state index >= 15 is 0 Å². The molecular formula is C18H25BrClN3O2. The zero-order valence-corrected chi connectivity index (χ0v) is 16.7. The lowest BCUT2D eigenvalue weighted by molar-refractivity contribution is -0.134. The average Bonchev–Trinajstić information content (AvgIpc) is 2.80. The third-order valence-corrected chi connectivity index (χ3v) is 5.50. The van der Waals surface area contributed by atoms with E-state index in [-0.39, 0.29) is 30.3 Å². The topological polar surface area (TPSA) is 61.4 Å². The molecule has 2 N–H and O–H groups in total. The highest BCUT2D eigenvalue weighted by Gasteiger charge is 2.38. The maximum atomic E-state index is 13.0. The van der Waals surface area contributed by atoms with Crippen LogP contribution in [-0.4, -0.2) is 41.9 Å². The van der Waals surface area contributed by atoms with Gasteiger partial charge in [0.15, 0.2) is 0 Å². The molecule has 1 aromatic rings. The van der Waals surface area contributed by atoms with Crippen LogP contribution in [0.1, 0.15) is 44.2 Å². The maximum absolute atomic E-state index is 13.0. The molecule has 3 rings (SSSR count). The van der Waals surface area contributed by atoms with Crippen LogP contribution in [0, 0.1) is 0 Å². The Labute approximate surface area is 163 Å². The van der Waals surface area contributed by atoms with Crippen molar-refractivity contribution in [2.75, 3.05) is 13.1 Å². The highest BCUT2D eigenvalue weighted by molar-refractivity contribution is 9.10. The number of nitrogens with one attached hydrogen (secondary N) is 2. The minimum absolute atomic E-state index is 0. The normalized spacial score (nSPS) is 23.4. The van der Waals surface area contributed by atoms with Gasteiger partial charge in [-0.2, -0.15) is 0 Å². The highest BCUT2D eigenvalue weighted by atomic mass is 79.9. The van der Waals surface area contributed by atoms with E-state index in [9.17, 15) is 9.59 Å². The van der Waals surface area contributed by atoms with Crippen LogP contribution >= 0.6 is 28.3 Å². The molecule has 5 nitrogen and oxygen atoms in total. The third kappa shape index (κ3) is 4.96. The van der Waals surface area contributed by atoms with Gasteiger partial charge in [0, 0.05) is 30.0 Å². The summed E-state index contributed by atoms with van der Waals surface area (Å²) in [7, 11) is 0. The van der Waals surface area contributed by atoms with Crippen LogP contribution in [0.2, 0.25) is 0 Å². The number of carbonyl (C=O) groups excluding carboxylic acids is 2. The number of benzene rings is 1. The maximum Gasteiger partial charge on any atom is 0.225 e. The SMILES string of the molecule is CC(=O)NC(CC(=O)N1C2CCNCC1CC2)c1ccc(Br)cc1.Cl. The van der Waals surface area contributed by atoms with Crippen LogP contribution < -0.4 is 10.6 Å². The van der Waals surface area contributed by atoms with Gasteiger partial charge in [0.05, 0.1) is 12.5 Å². The summed E-state index contributed by atoms with van der Waals surface area (Å²) in [6.07, 6.45) is 3.51. The third-order valence-electron chi connectivity index (χ3n) is 4.97. The van der Waals surface area contributed by atoms with Crippen molar-refractivity contribution in [1.29, 1.82) is 0 Å². The van der Waals surface area contributed by atoms with Crippen LogP contribution in [0.25, 0.3) is 0 Å².